The van der Waals surface area contributed by atoms with E-state index >= 15 is 0 Å². The Hall–Kier alpha value is -3.22. The van der Waals surface area contributed by atoms with Crippen molar-refractivity contribution in [3.63, 3.8) is 0 Å². The number of non-ortho nitro benzene ring substituents is 1. The molecule has 0 fully saturated rings. The average Bonchev–Trinajstić information content (AvgIpc) is 2.92. The van der Waals surface area contributed by atoms with Gasteiger partial charge in [0.15, 0.2) is 0 Å². The Balaban J connectivity index is 1.78. The quantitative estimate of drug-likeness (QED) is 0.444. The number of anilines is 1. The lowest BCUT2D eigenvalue weighted by Gasteiger charge is -2.04. The first kappa shape index (κ1) is 14.7. The van der Waals surface area contributed by atoms with Crippen molar-refractivity contribution in [2.45, 2.75) is 13.5 Å². The van der Waals surface area contributed by atoms with Gasteiger partial charge in [-0.3, -0.25) is 10.1 Å². The van der Waals surface area contributed by atoms with Gasteiger partial charge in [0.25, 0.3) is 5.69 Å². The molecule has 3 rings (SSSR count). The van der Waals surface area contributed by atoms with Crippen LogP contribution in [0.15, 0.2) is 53.6 Å². The van der Waals surface area contributed by atoms with Crippen LogP contribution < -0.4 is 5.43 Å². The molecule has 0 aliphatic heterocycles. The van der Waals surface area contributed by atoms with Crippen LogP contribution in [0.5, 0.6) is 0 Å². The van der Waals surface area contributed by atoms with Crippen LogP contribution >= 0.6 is 0 Å². The average molecular weight is 309 g/mol. The van der Waals surface area contributed by atoms with Crippen LogP contribution in [0.2, 0.25) is 0 Å². The third-order valence-electron chi connectivity index (χ3n) is 3.45. The third kappa shape index (κ3) is 3.03. The summed E-state index contributed by atoms with van der Waals surface area (Å²) < 4.78 is 2.03. The molecule has 1 aromatic heterocycles. The molecule has 7 heteroatoms. The van der Waals surface area contributed by atoms with Crippen LogP contribution in [-0.4, -0.2) is 20.7 Å². The molecule has 0 unspecified atom stereocenters. The zero-order valence-electron chi connectivity index (χ0n) is 12.5. The number of hydrogen-bond donors (Lipinski definition) is 1. The summed E-state index contributed by atoms with van der Waals surface area (Å²) in [7, 11) is 0. The number of aromatic nitrogens is 2. The molecule has 0 aliphatic carbocycles. The van der Waals surface area contributed by atoms with Gasteiger partial charge < -0.3 is 4.57 Å². The smallest absolute Gasteiger partial charge is 0.269 e. The number of para-hydroxylation sites is 2. The molecule has 1 heterocycles. The molecule has 0 amide bonds. The van der Waals surface area contributed by atoms with E-state index in [1.807, 2.05) is 35.8 Å². The van der Waals surface area contributed by atoms with E-state index in [9.17, 15) is 10.1 Å². The number of nitro benzene ring substituents is 1. The minimum absolute atomic E-state index is 0.0582. The predicted octanol–water partition coefficient (Wildman–Crippen LogP) is 3.41. The van der Waals surface area contributed by atoms with E-state index in [1.54, 1.807) is 18.3 Å². The fourth-order valence-electron chi connectivity index (χ4n) is 2.33. The predicted molar refractivity (Wildman–Crippen MR) is 89.7 cm³/mol. The number of rotatable bonds is 5. The SMILES string of the molecule is CCn1c(N/N=C\c2ccc([N+](=O)[O-])cc2)nc2ccccc21. The van der Waals surface area contributed by atoms with E-state index < -0.39 is 4.92 Å². The lowest BCUT2D eigenvalue weighted by Crippen LogP contribution is -2.01. The van der Waals surface area contributed by atoms with E-state index in [0.29, 0.717) is 5.95 Å². The standard InChI is InChI=1S/C16H15N5O2/c1-2-20-15-6-4-3-5-14(15)18-16(20)19-17-11-12-7-9-13(10-8-12)21(22)23/h3-11H,2H2,1H3,(H,18,19)/b17-11-. The van der Waals surface area contributed by atoms with E-state index in [2.05, 4.69) is 15.5 Å². The molecular formula is C16H15N5O2. The van der Waals surface area contributed by atoms with Crippen LogP contribution in [-0.2, 0) is 6.54 Å². The van der Waals surface area contributed by atoms with Gasteiger partial charge in [-0.15, -0.1) is 0 Å². The van der Waals surface area contributed by atoms with Crippen LogP contribution in [0.4, 0.5) is 11.6 Å². The van der Waals surface area contributed by atoms with Gasteiger partial charge in [-0.25, -0.2) is 10.4 Å². The Kier molecular flexibility index (Phi) is 4.01. The van der Waals surface area contributed by atoms with E-state index in [4.69, 9.17) is 0 Å². The second kappa shape index (κ2) is 6.27. The molecule has 23 heavy (non-hydrogen) atoms. The molecule has 0 saturated heterocycles. The van der Waals surface area contributed by atoms with Gasteiger partial charge in [0.1, 0.15) is 0 Å². The minimum Gasteiger partial charge on any atom is -0.309 e. The number of aryl methyl sites for hydroxylation is 1. The highest BCUT2D eigenvalue weighted by molar-refractivity contribution is 5.81. The van der Waals surface area contributed by atoms with Gasteiger partial charge in [-0.1, -0.05) is 12.1 Å². The summed E-state index contributed by atoms with van der Waals surface area (Å²) in [5, 5.41) is 14.8. The molecule has 3 aromatic rings. The van der Waals surface area contributed by atoms with Gasteiger partial charge in [-0.2, -0.15) is 5.10 Å². The summed E-state index contributed by atoms with van der Waals surface area (Å²) in [6.45, 7) is 2.81. The van der Waals surface area contributed by atoms with Crippen molar-refractivity contribution in [3.8, 4) is 0 Å². The number of imidazole rings is 1. The lowest BCUT2D eigenvalue weighted by molar-refractivity contribution is -0.384. The summed E-state index contributed by atoms with van der Waals surface area (Å²) >= 11 is 0. The maximum Gasteiger partial charge on any atom is 0.269 e. The fourth-order valence-corrected chi connectivity index (χ4v) is 2.33. The Morgan fingerprint density at radius 2 is 2.00 bits per heavy atom. The summed E-state index contributed by atoms with van der Waals surface area (Å²) in [6, 6.07) is 14.1. The molecule has 0 bridgehead atoms. The number of nitro groups is 1. The minimum atomic E-state index is -0.428. The lowest BCUT2D eigenvalue weighted by atomic mass is 10.2. The van der Waals surface area contributed by atoms with E-state index in [-0.39, 0.29) is 5.69 Å². The summed E-state index contributed by atoms with van der Waals surface area (Å²) in [5.74, 6) is 0.659. The molecule has 7 nitrogen and oxygen atoms in total. The molecule has 0 aliphatic rings. The van der Waals surface area contributed by atoms with Crippen LogP contribution in [0.25, 0.3) is 11.0 Å². The molecule has 0 radical (unpaired) electrons. The molecule has 116 valence electrons. The first-order valence-corrected chi connectivity index (χ1v) is 7.18. The highest BCUT2D eigenvalue weighted by atomic mass is 16.6. The Labute approximate surface area is 132 Å². The first-order valence-electron chi connectivity index (χ1n) is 7.18. The molecule has 1 N–H and O–H groups in total. The second-order valence-electron chi connectivity index (χ2n) is 4.89. The third-order valence-corrected chi connectivity index (χ3v) is 3.45. The zero-order valence-corrected chi connectivity index (χ0v) is 12.5. The van der Waals surface area contributed by atoms with E-state index in [0.717, 1.165) is 23.1 Å². The number of benzene rings is 2. The topological polar surface area (TPSA) is 85.3 Å². The molecule has 2 aromatic carbocycles. The number of hydrogen-bond acceptors (Lipinski definition) is 5. The first-order chi connectivity index (χ1) is 11.2. The van der Waals surface area contributed by atoms with Gasteiger partial charge in [0, 0.05) is 18.7 Å². The van der Waals surface area contributed by atoms with Gasteiger partial charge in [-0.05, 0) is 36.8 Å². The number of nitrogens with zero attached hydrogens (tertiary/aromatic N) is 4. The summed E-state index contributed by atoms with van der Waals surface area (Å²) in [4.78, 5) is 14.7. The van der Waals surface area contributed by atoms with Crippen molar-refractivity contribution >= 4 is 28.9 Å². The number of fused-ring (bicyclic) bond motifs is 1. The highest BCUT2D eigenvalue weighted by Crippen LogP contribution is 2.19. The summed E-state index contributed by atoms with van der Waals surface area (Å²) in [5.41, 5.74) is 5.70. The monoisotopic (exact) mass is 309 g/mol. The highest BCUT2D eigenvalue weighted by Gasteiger charge is 2.07. The Morgan fingerprint density at radius 1 is 1.26 bits per heavy atom. The van der Waals surface area contributed by atoms with Crippen LogP contribution in [0.1, 0.15) is 12.5 Å². The second-order valence-corrected chi connectivity index (χ2v) is 4.89. The molecule has 0 saturated carbocycles. The van der Waals surface area contributed by atoms with Gasteiger partial charge in [0.05, 0.1) is 22.2 Å². The van der Waals surface area contributed by atoms with Gasteiger partial charge >= 0.3 is 0 Å². The Bertz CT molecular complexity index is 868. The van der Waals surface area contributed by atoms with Crippen molar-refractivity contribution in [2.75, 3.05) is 5.43 Å². The summed E-state index contributed by atoms with van der Waals surface area (Å²) in [6.07, 6.45) is 1.60. The molecule has 0 spiro atoms. The van der Waals surface area contributed by atoms with Crippen molar-refractivity contribution in [3.05, 3.63) is 64.2 Å². The zero-order chi connectivity index (χ0) is 16.2. The van der Waals surface area contributed by atoms with Crippen molar-refractivity contribution in [1.82, 2.24) is 9.55 Å². The molecular weight excluding hydrogens is 294 g/mol. The number of hydrazone groups is 1. The normalized spacial score (nSPS) is 11.2. The largest absolute Gasteiger partial charge is 0.309 e. The van der Waals surface area contributed by atoms with Gasteiger partial charge in [0.2, 0.25) is 5.95 Å². The van der Waals surface area contributed by atoms with Crippen LogP contribution in [0, 0.1) is 10.1 Å². The fraction of sp³-hybridized carbons (Fsp3) is 0.125. The van der Waals surface area contributed by atoms with Crippen molar-refractivity contribution in [2.24, 2.45) is 5.10 Å². The van der Waals surface area contributed by atoms with Crippen LogP contribution in [0.3, 0.4) is 0 Å². The molecule has 0 atom stereocenters. The van der Waals surface area contributed by atoms with E-state index in [1.165, 1.54) is 12.1 Å². The maximum absolute atomic E-state index is 10.6. The van der Waals surface area contributed by atoms with Crippen molar-refractivity contribution < 1.29 is 4.92 Å². The Morgan fingerprint density at radius 3 is 2.70 bits per heavy atom. The number of nitrogens with one attached hydrogen (secondary N) is 1. The maximum atomic E-state index is 10.6. The van der Waals surface area contributed by atoms with Crippen molar-refractivity contribution in [1.29, 1.82) is 0 Å².